The fourth-order valence-corrected chi connectivity index (χ4v) is 1.22. The van der Waals surface area contributed by atoms with Gasteiger partial charge in [-0.05, 0) is 18.1 Å². The Kier molecular flexibility index (Phi) is 13.6. The van der Waals surface area contributed by atoms with Gasteiger partial charge in [-0.25, -0.2) is 0 Å². The largest absolute Gasteiger partial charge is 0.426 e. The van der Waals surface area contributed by atoms with Crippen molar-refractivity contribution in [1.82, 2.24) is 0 Å². The Hall–Kier alpha value is -1.31. The van der Waals surface area contributed by atoms with Crippen LogP contribution in [0.4, 0.5) is 0 Å². The molecule has 98 valence electrons. The van der Waals surface area contributed by atoms with E-state index < -0.39 is 0 Å². The maximum atomic E-state index is 10.8. The summed E-state index contributed by atoms with van der Waals surface area (Å²) in [5.41, 5.74) is 1.13. The van der Waals surface area contributed by atoms with Crippen LogP contribution in [0.25, 0.3) is 0 Å². The van der Waals surface area contributed by atoms with Gasteiger partial charge in [-0.1, -0.05) is 59.7 Å². The topological polar surface area (TPSA) is 26.3 Å². The normalized spacial score (nSPS) is 11.1. The van der Waals surface area contributed by atoms with Crippen LogP contribution in [0.5, 0.6) is 5.75 Å². The van der Waals surface area contributed by atoms with Gasteiger partial charge in [0, 0.05) is 0 Å². The standard InChI is InChI=1S/C9H8O2.3C2H6/c10-9-6-5-7-3-1-2-4-8(7)11-9;3*1-2/h1-4H,5-6H2;3*1-2H3. The van der Waals surface area contributed by atoms with Crippen LogP contribution in [-0.4, -0.2) is 5.97 Å². The van der Waals surface area contributed by atoms with E-state index >= 15 is 0 Å². The number of carbonyl (C=O) groups excluding carboxylic acids is 1. The minimum atomic E-state index is -0.122. The number of hydrogen-bond acceptors (Lipinski definition) is 2. The summed E-state index contributed by atoms with van der Waals surface area (Å²) in [5, 5.41) is 0. The Morgan fingerprint density at radius 1 is 0.882 bits per heavy atom. The van der Waals surface area contributed by atoms with Crippen LogP contribution in [-0.2, 0) is 11.2 Å². The number of aryl methyl sites for hydroxylation is 1. The van der Waals surface area contributed by atoms with Gasteiger partial charge in [0.15, 0.2) is 0 Å². The molecule has 2 nitrogen and oxygen atoms in total. The molecule has 1 aliphatic heterocycles. The van der Waals surface area contributed by atoms with Crippen LogP contribution in [0, 0.1) is 0 Å². The third kappa shape index (κ3) is 6.77. The van der Waals surface area contributed by atoms with Crippen LogP contribution in [0.3, 0.4) is 0 Å². The zero-order chi connectivity index (χ0) is 13.7. The van der Waals surface area contributed by atoms with Crippen molar-refractivity contribution in [2.24, 2.45) is 0 Å². The second kappa shape index (κ2) is 12.8. The first-order chi connectivity index (χ1) is 8.36. The Morgan fingerprint density at radius 2 is 1.41 bits per heavy atom. The predicted molar refractivity (Wildman–Crippen MR) is 74.4 cm³/mol. The van der Waals surface area contributed by atoms with E-state index in [1.165, 1.54) is 0 Å². The molecule has 17 heavy (non-hydrogen) atoms. The number of fused-ring (bicyclic) bond motifs is 1. The van der Waals surface area contributed by atoms with E-state index in [4.69, 9.17) is 4.74 Å². The summed E-state index contributed by atoms with van der Waals surface area (Å²) in [5.74, 6) is 0.604. The van der Waals surface area contributed by atoms with Crippen molar-refractivity contribution >= 4 is 5.97 Å². The van der Waals surface area contributed by atoms with Crippen molar-refractivity contribution in [1.29, 1.82) is 0 Å². The van der Waals surface area contributed by atoms with Gasteiger partial charge in [-0.2, -0.15) is 0 Å². The van der Waals surface area contributed by atoms with E-state index in [0.717, 1.165) is 17.7 Å². The van der Waals surface area contributed by atoms with Crippen LogP contribution < -0.4 is 4.74 Å². The van der Waals surface area contributed by atoms with E-state index in [0.29, 0.717) is 6.42 Å². The first-order valence-electron chi connectivity index (χ1n) is 6.65. The van der Waals surface area contributed by atoms with Gasteiger partial charge in [-0.3, -0.25) is 4.79 Å². The average Bonchev–Trinajstić information content (AvgIpc) is 2.45. The molecule has 0 spiro atoms. The fourth-order valence-electron chi connectivity index (χ4n) is 1.22. The van der Waals surface area contributed by atoms with Crippen molar-refractivity contribution < 1.29 is 9.53 Å². The summed E-state index contributed by atoms with van der Waals surface area (Å²) in [4.78, 5) is 10.8. The highest BCUT2D eigenvalue weighted by molar-refractivity contribution is 5.75. The van der Waals surface area contributed by atoms with Crippen LogP contribution in [0.2, 0.25) is 0 Å². The van der Waals surface area contributed by atoms with E-state index in [1.807, 2.05) is 65.8 Å². The third-order valence-electron chi connectivity index (χ3n) is 1.79. The fraction of sp³-hybridized carbons (Fsp3) is 0.533. The van der Waals surface area contributed by atoms with Gasteiger partial charge in [0.25, 0.3) is 0 Å². The summed E-state index contributed by atoms with van der Waals surface area (Å²) in [6.45, 7) is 12.0. The lowest BCUT2D eigenvalue weighted by molar-refractivity contribution is -0.135. The number of ether oxygens (including phenoxy) is 1. The molecule has 2 rings (SSSR count). The molecule has 0 saturated heterocycles. The predicted octanol–water partition coefficient (Wildman–Crippen LogP) is 4.62. The molecule has 1 heterocycles. The summed E-state index contributed by atoms with van der Waals surface area (Å²) in [6.07, 6.45) is 1.33. The highest BCUT2D eigenvalue weighted by Crippen LogP contribution is 2.23. The number of benzene rings is 1. The summed E-state index contributed by atoms with van der Waals surface area (Å²) in [6, 6.07) is 7.64. The van der Waals surface area contributed by atoms with Gasteiger partial charge in [0.05, 0.1) is 6.42 Å². The smallest absolute Gasteiger partial charge is 0.311 e. The van der Waals surface area contributed by atoms with Crippen molar-refractivity contribution in [2.75, 3.05) is 0 Å². The molecule has 0 aliphatic carbocycles. The maximum Gasteiger partial charge on any atom is 0.311 e. The number of esters is 1. The van der Waals surface area contributed by atoms with Crippen molar-refractivity contribution in [3.8, 4) is 5.75 Å². The third-order valence-corrected chi connectivity index (χ3v) is 1.79. The number of hydrogen-bond donors (Lipinski definition) is 0. The van der Waals surface area contributed by atoms with Gasteiger partial charge >= 0.3 is 5.97 Å². The molecule has 1 aromatic carbocycles. The lowest BCUT2D eigenvalue weighted by Crippen LogP contribution is -2.15. The molecule has 0 atom stereocenters. The van der Waals surface area contributed by atoms with E-state index in [2.05, 4.69) is 0 Å². The summed E-state index contributed by atoms with van der Waals surface area (Å²) < 4.78 is 4.99. The second-order valence-electron chi connectivity index (χ2n) is 2.58. The number of rotatable bonds is 0. The molecule has 0 amide bonds. The first-order valence-corrected chi connectivity index (χ1v) is 6.65. The summed E-state index contributed by atoms with van der Waals surface area (Å²) in [7, 11) is 0. The maximum absolute atomic E-state index is 10.8. The van der Waals surface area contributed by atoms with E-state index in [9.17, 15) is 4.79 Å². The van der Waals surface area contributed by atoms with Crippen molar-refractivity contribution in [2.45, 2.75) is 54.4 Å². The van der Waals surface area contributed by atoms with Crippen molar-refractivity contribution in [3.63, 3.8) is 0 Å². The van der Waals surface area contributed by atoms with Gasteiger partial charge in [0.2, 0.25) is 0 Å². The van der Waals surface area contributed by atoms with Crippen LogP contribution >= 0.6 is 0 Å². The minimum Gasteiger partial charge on any atom is -0.426 e. The minimum absolute atomic E-state index is 0.122. The monoisotopic (exact) mass is 238 g/mol. The highest BCUT2D eigenvalue weighted by Gasteiger charge is 2.15. The first kappa shape index (κ1) is 18.1. The molecule has 0 N–H and O–H groups in total. The molecule has 0 fully saturated rings. The molecule has 0 aromatic heterocycles. The highest BCUT2D eigenvalue weighted by atomic mass is 16.5. The molecule has 1 aromatic rings. The van der Waals surface area contributed by atoms with E-state index in [1.54, 1.807) is 0 Å². The van der Waals surface area contributed by atoms with Gasteiger partial charge in [0.1, 0.15) is 5.75 Å². The number of para-hydroxylation sites is 1. The Labute approximate surface area is 106 Å². The van der Waals surface area contributed by atoms with Crippen LogP contribution in [0.1, 0.15) is 53.5 Å². The molecular formula is C15H26O2. The molecule has 2 heteroatoms. The zero-order valence-corrected chi connectivity index (χ0v) is 12.0. The van der Waals surface area contributed by atoms with Crippen molar-refractivity contribution in [3.05, 3.63) is 29.8 Å². The lowest BCUT2D eigenvalue weighted by atomic mass is 10.1. The molecule has 0 radical (unpaired) electrons. The molecule has 1 aliphatic rings. The Balaban J connectivity index is 0. The quantitative estimate of drug-likeness (QED) is 0.487. The number of carbonyl (C=O) groups is 1. The lowest BCUT2D eigenvalue weighted by Gasteiger charge is -2.13. The second-order valence-corrected chi connectivity index (χ2v) is 2.58. The van der Waals surface area contributed by atoms with Crippen LogP contribution in [0.15, 0.2) is 24.3 Å². The molecule has 0 saturated carbocycles. The summed E-state index contributed by atoms with van der Waals surface area (Å²) >= 11 is 0. The van der Waals surface area contributed by atoms with Gasteiger partial charge < -0.3 is 4.74 Å². The Bertz CT molecular complexity index is 293. The average molecular weight is 238 g/mol. The molecular weight excluding hydrogens is 212 g/mol. The molecule has 0 bridgehead atoms. The Morgan fingerprint density at radius 3 is 2.00 bits per heavy atom. The zero-order valence-electron chi connectivity index (χ0n) is 12.0. The van der Waals surface area contributed by atoms with Gasteiger partial charge in [-0.15, -0.1) is 0 Å². The molecule has 0 unspecified atom stereocenters. The van der Waals surface area contributed by atoms with E-state index in [-0.39, 0.29) is 5.97 Å². The SMILES string of the molecule is CC.CC.CC.O=C1CCc2ccccc2O1.